The van der Waals surface area contributed by atoms with Crippen LogP contribution in [-0.2, 0) is 23.2 Å². The molecule has 2 aromatic rings. The van der Waals surface area contributed by atoms with Gasteiger partial charge >= 0.3 is 5.97 Å². The third-order valence-corrected chi connectivity index (χ3v) is 5.83. The van der Waals surface area contributed by atoms with Crippen molar-refractivity contribution in [1.82, 2.24) is 10.2 Å². The van der Waals surface area contributed by atoms with Gasteiger partial charge in [0.2, 0.25) is 0 Å². The van der Waals surface area contributed by atoms with E-state index in [1.54, 1.807) is 35.2 Å². The lowest BCUT2D eigenvalue weighted by atomic mass is 9.81. The molecule has 3 N–H and O–H groups in total. The Morgan fingerprint density at radius 3 is 2.47 bits per heavy atom. The number of carboxylic acid groups (broad SMARTS) is 1. The number of amides is 1. The summed E-state index contributed by atoms with van der Waals surface area (Å²) >= 11 is 0. The summed E-state index contributed by atoms with van der Waals surface area (Å²) in [7, 11) is 1.54. The predicted octanol–water partition coefficient (Wildman–Crippen LogP) is 3.39. The van der Waals surface area contributed by atoms with Crippen molar-refractivity contribution < 1.29 is 24.2 Å². The molecule has 0 unspecified atom stereocenters. The molecule has 0 spiro atoms. The maximum Gasteiger partial charge on any atom is 0.307 e. The molecule has 3 rings (SSSR count). The number of hydrogen-bond donors (Lipinski definition) is 3. The summed E-state index contributed by atoms with van der Waals surface area (Å²) in [5.41, 5.74) is 3.42. The van der Waals surface area contributed by atoms with Crippen molar-refractivity contribution in [2.24, 2.45) is 0 Å². The van der Waals surface area contributed by atoms with Gasteiger partial charge in [0.1, 0.15) is 11.6 Å². The largest absolute Gasteiger partial charge is 0.493 e. The number of carbonyl (C=O) groups is 3. The summed E-state index contributed by atoms with van der Waals surface area (Å²) in [4.78, 5) is 38.4. The van der Waals surface area contributed by atoms with Crippen LogP contribution < -0.4 is 10.1 Å². The number of aliphatic carboxylic acids is 1. The molecule has 1 heterocycles. The fraction of sp³-hybridized carbons (Fsp3) is 0.385. The molecule has 8 nitrogen and oxygen atoms in total. The summed E-state index contributed by atoms with van der Waals surface area (Å²) in [6.07, 6.45) is -0.108. The Hall–Kier alpha value is -3.68. The van der Waals surface area contributed by atoms with E-state index in [4.69, 9.17) is 10.1 Å². The van der Waals surface area contributed by atoms with E-state index in [0.29, 0.717) is 41.2 Å². The Morgan fingerprint density at radius 1 is 1.18 bits per heavy atom. The first kappa shape index (κ1) is 25.0. The Labute approximate surface area is 199 Å². The summed E-state index contributed by atoms with van der Waals surface area (Å²) in [6, 6.07) is 8.53. The highest BCUT2D eigenvalue weighted by Gasteiger charge is 2.30. The molecule has 0 aromatic heterocycles. The fourth-order valence-corrected chi connectivity index (χ4v) is 4.18. The van der Waals surface area contributed by atoms with Crippen molar-refractivity contribution in [2.45, 2.75) is 46.1 Å². The normalized spacial score (nSPS) is 13.0. The number of fused-ring (bicyclic) bond motifs is 1. The zero-order chi connectivity index (χ0) is 25.2. The third kappa shape index (κ3) is 5.11. The minimum atomic E-state index is -0.921. The molecule has 0 saturated heterocycles. The van der Waals surface area contributed by atoms with Gasteiger partial charge in [-0.05, 0) is 47.2 Å². The van der Waals surface area contributed by atoms with E-state index in [9.17, 15) is 19.5 Å². The number of Topliss-reactive ketones (excluding diaryl/α,β-unsaturated/α-hetero) is 1. The maximum atomic E-state index is 13.2. The molecule has 0 fully saturated rings. The standard InChI is InChI=1S/C26H31N3O5/c1-6-34-22-10-17-13-29(24(27)18(17)12-19(22)25(33)28-5)14-21(30)16-8-7-15(11-23(31)32)20(9-16)26(2,3)4/h7-10,12,27H,6,11,13-14H2,1-5H3,(H,28,33)(H,31,32). The quantitative estimate of drug-likeness (QED) is 0.514. The van der Waals surface area contributed by atoms with E-state index in [1.807, 2.05) is 27.7 Å². The van der Waals surface area contributed by atoms with Crippen LogP contribution in [0.4, 0.5) is 0 Å². The fourth-order valence-electron chi connectivity index (χ4n) is 4.18. The van der Waals surface area contributed by atoms with Crippen LogP contribution in [0, 0.1) is 5.41 Å². The minimum absolute atomic E-state index is 0.00531. The number of rotatable bonds is 8. The van der Waals surface area contributed by atoms with Crippen LogP contribution in [0.5, 0.6) is 5.75 Å². The Kier molecular flexibility index (Phi) is 7.09. The topological polar surface area (TPSA) is 120 Å². The molecule has 0 atom stereocenters. The highest BCUT2D eigenvalue weighted by molar-refractivity contribution is 6.07. The van der Waals surface area contributed by atoms with Crippen LogP contribution in [0.3, 0.4) is 0 Å². The molecular formula is C26H31N3O5. The van der Waals surface area contributed by atoms with Gasteiger partial charge in [0, 0.05) is 24.7 Å². The summed E-state index contributed by atoms with van der Waals surface area (Å²) < 4.78 is 5.63. The second kappa shape index (κ2) is 9.67. The number of carbonyl (C=O) groups excluding carboxylic acids is 2. The number of hydrogen-bond acceptors (Lipinski definition) is 5. The number of nitrogens with zero attached hydrogens (tertiary/aromatic N) is 1. The van der Waals surface area contributed by atoms with E-state index >= 15 is 0 Å². The second-order valence-electron chi connectivity index (χ2n) is 9.34. The van der Waals surface area contributed by atoms with E-state index in [2.05, 4.69) is 5.32 Å². The van der Waals surface area contributed by atoms with Gasteiger partial charge in [-0.2, -0.15) is 0 Å². The average molecular weight is 466 g/mol. The van der Waals surface area contributed by atoms with Gasteiger partial charge in [0.25, 0.3) is 5.91 Å². The number of ketones is 1. The van der Waals surface area contributed by atoms with E-state index in [1.165, 1.54) is 7.05 Å². The highest BCUT2D eigenvalue weighted by atomic mass is 16.5. The van der Waals surface area contributed by atoms with Gasteiger partial charge in [-0.15, -0.1) is 0 Å². The highest BCUT2D eigenvalue weighted by Crippen LogP contribution is 2.31. The molecular weight excluding hydrogens is 434 g/mol. The SMILES string of the molecule is CCOc1cc2c(cc1C(=O)NC)C(=N)N(CC(=O)c1ccc(CC(=O)O)c(C(C)(C)C)c1)C2. The van der Waals surface area contributed by atoms with E-state index in [-0.39, 0.29) is 35.9 Å². The zero-order valence-corrected chi connectivity index (χ0v) is 20.2. The van der Waals surface area contributed by atoms with Crippen molar-refractivity contribution in [2.75, 3.05) is 20.2 Å². The van der Waals surface area contributed by atoms with Crippen LogP contribution in [0.1, 0.15) is 70.7 Å². The maximum absolute atomic E-state index is 13.2. The van der Waals surface area contributed by atoms with Gasteiger partial charge in [0.15, 0.2) is 5.78 Å². The van der Waals surface area contributed by atoms with Crippen LogP contribution in [0.2, 0.25) is 0 Å². The van der Waals surface area contributed by atoms with Gasteiger partial charge < -0.3 is 20.1 Å². The number of benzene rings is 2. The van der Waals surface area contributed by atoms with Crippen molar-refractivity contribution in [3.63, 3.8) is 0 Å². The summed E-state index contributed by atoms with van der Waals surface area (Å²) in [6.45, 7) is 8.53. The lowest BCUT2D eigenvalue weighted by Gasteiger charge is -2.24. The Balaban J connectivity index is 1.87. The van der Waals surface area contributed by atoms with Crippen LogP contribution in [0.15, 0.2) is 30.3 Å². The third-order valence-electron chi connectivity index (χ3n) is 5.83. The number of amidine groups is 1. The molecule has 2 aromatic carbocycles. The van der Waals surface area contributed by atoms with Gasteiger partial charge in [0.05, 0.1) is 25.1 Å². The lowest BCUT2D eigenvalue weighted by Crippen LogP contribution is -2.30. The molecule has 8 heteroatoms. The first-order valence-corrected chi connectivity index (χ1v) is 11.2. The Bertz CT molecular complexity index is 1160. The van der Waals surface area contributed by atoms with Gasteiger partial charge in [-0.3, -0.25) is 19.8 Å². The van der Waals surface area contributed by atoms with Crippen molar-refractivity contribution >= 4 is 23.5 Å². The molecule has 1 amide bonds. The molecule has 0 radical (unpaired) electrons. The zero-order valence-electron chi connectivity index (χ0n) is 20.2. The first-order valence-electron chi connectivity index (χ1n) is 11.2. The second-order valence-corrected chi connectivity index (χ2v) is 9.34. The van der Waals surface area contributed by atoms with Crippen molar-refractivity contribution in [3.05, 3.63) is 63.7 Å². The molecule has 0 bridgehead atoms. The van der Waals surface area contributed by atoms with E-state index in [0.717, 1.165) is 11.1 Å². The molecule has 1 aliphatic rings. The molecule has 0 aliphatic carbocycles. The number of carboxylic acids is 1. The minimum Gasteiger partial charge on any atom is -0.493 e. The summed E-state index contributed by atoms with van der Waals surface area (Å²) in [5, 5.41) is 20.4. The van der Waals surface area contributed by atoms with E-state index < -0.39 is 5.97 Å². The van der Waals surface area contributed by atoms with Crippen molar-refractivity contribution in [1.29, 1.82) is 5.41 Å². The molecule has 1 aliphatic heterocycles. The Morgan fingerprint density at radius 2 is 1.88 bits per heavy atom. The molecule has 34 heavy (non-hydrogen) atoms. The first-order chi connectivity index (χ1) is 16.0. The van der Waals surface area contributed by atoms with Crippen molar-refractivity contribution in [3.8, 4) is 5.75 Å². The van der Waals surface area contributed by atoms with Crippen LogP contribution in [-0.4, -0.2) is 53.7 Å². The number of ether oxygens (including phenoxy) is 1. The predicted molar refractivity (Wildman–Crippen MR) is 129 cm³/mol. The molecule has 180 valence electrons. The summed E-state index contributed by atoms with van der Waals surface area (Å²) in [5.74, 6) is -0.762. The molecule has 0 saturated carbocycles. The van der Waals surface area contributed by atoms with Gasteiger partial charge in [-0.1, -0.05) is 32.9 Å². The monoisotopic (exact) mass is 465 g/mol. The van der Waals surface area contributed by atoms with Crippen LogP contribution in [0.25, 0.3) is 0 Å². The number of nitrogens with one attached hydrogen (secondary N) is 2. The van der Waals surface area contributed by atoms with Gasteiger partial charge in [-0.25, -0.2) is 0 Å². The average Bonchev–Trinajstić information content (AvgIpc) is 3.06. The smallest absolute Gasteiger partial charge is 0.307 e. The lowest BCUT2D eigenvalue weighted by molar-refractivity contribution is -0.136. The van der Waals surface area contributed by atoms with Crippen LogP contribution >= 0.6 is 0 Å².